The second-order valence-corrected chi connectivity index (χ2v) is 5.84. The van der Waals surface area contributed by atoms with Crippen LogP contribution in [0.4, 0.5) is 5.69 Å². The quantitative estimate of drug-likeness (QED) is 0.559. The first-order valence-corrected chi connectivity index (χ1v) is 8.34. The van der Waals surface area contributed by atoms with Gasteiger partial charge in [0.1, 0.15) is 0 Å². The Bertz CT molecular complexity index is 892. The standard InChI is InChI=1S/C21H20N4O/c1-16-7-5-11-19(13-16)24-21(23-15-17-8-6-12-22-14-17)25-20(26)18-9-3-2-4-10-18/h2-14H,15H2,1H3,(H2,23,24,25,26). The van der Waals surface area contributed by atoms with E-state index in [1.807, 2.05) is 61.5 Å². The summed E-state index contributed by atoms with van der Waals surface area (Å²) in [5, 5.41) is 6.04. The molecular formula is C21H20N4O. The molecule has 130 valence electrons. The number of pyridine rings is 1. The average molecular weight is 344 g/mol. The van der Waals surface area contributed by atoms with Crippen molar-refractivity contribution in [1.29, 1.82) is 0 Å². The van der Waals surface area contributed by atoms with Crippen LogP contribution in [-0.2, 0) is 6.54 Å². The zero-order valence-electron chi connectivity index (χ0n) is 14.5. The molecule has 5 nitrogen and oxygen atoms in total. The number of amides is 1. The molecule has 2 aromatic carbocycles. The Morgan fingerprint density at radius 1 is 1.04 bits per heavy atom. The van der Waals surface area contributed by atoms with Crippen LogP contribution in [0.5, 0.6) is 0 Å². The van der Waals surface area contributed by atoms with Gasteiger partial charge in [-0.15, -0.1) is 0 Å². The van der Waals surface area contributed by atoms with Crippen LogP contribution in [0.15, 0.2) is 84.1 Å². The Morgan fingerprint density at radius 2 is 1.88 bits per heavy atom. The second-order valence-electron chi connectivity index (χ2n) is 5.84. The van der Waals surface area contributed by atoms with Crippen molar-refractivity contribution < 1.29 is 4.79 Å². The largest absolute Gasteiger partial charge is 0.326 e. The molecule has 1 aromatic heterocycles. The summed E-state index contributed by atoms with van der Waals surface area (Å²) in [6.45, 7) is 2.43. The molecule has 3 rings (SSSR count). The number of rotatable bonds is 4. The number of hydrogen-bond acceptors (Lipinski definition) is 3. The first-order chi connectivity index (χ1) is 12.7. The van der Waals surface area contributed by atoms with E-state index in [4.69, 9.17) is 0 Å². The normalized spacial score (nSPS) is 11.0. The van der Waals surface area contributed by atoms with E-state index >= 15 is 0 Å². The molecule has 0 unspecified atom stereocenters. The lowest BCUT2D eigenvalue weighted by Crippen LogP contribution is -2.36. The third-order valence-corrected chi connectivity index (χ3v) is 3.69. The molecule has 1 amide bonds. The summed E-state index contributed by atoms with van der Waals surface area (Å²) in [6.07, 6.45) is 3.48. The SMILES string of the molecule is Cc1cccc(NC(=NCc2cccnc2)NC(=O)c2ccccc2)c1. The van der Waals surface area contributed by atoms with Gasteiger partial charge in [-0.05, 0) is 48.4 Å². The predicted octanol–water partition coefficient (Wildman–Crippen LogP) is 3.79. The van der Waals surface area contributed by atoms with E-state index < -0.39 is 0 Å². The first-order valence-electron chi connectivity index (χ1n) is 8.34. The van der Waals surface area contributed by atoms with Gasteiger partial charge in [0.15, 0.2) is 0 Å². The number of aromatic nitrogens is 1. The van der Waals surface area contributed by atoms with Crippen molar-refractivity contribution in [2.45, 2.75) is 13.5 Å². The molecule has 0 aliphatic carbocycles. The van der Waals surface area contributed by atoms with E-state index in [1.165, 1.54) is 0 Å². The molecule has 0 bridgehead atoms. The van der Waals surface area contributed by atoms with Crippen LogP contribution >= 0.6 is 0 Å². The van der Waals surface area contributed by atoms with Crippen LogP contribution in [-0.4, -0.2) is 16.9 Å². The Hall–Kier alpha value is -3.47. The van der Waals surface area contributed by atoms with Gasteiger partial charge in [0.05, 0.1) is 6.54 Å². The third kappa shape index (κ3) is 5.01. The first kappa shape index (κ1) is 17.4. The number of carbonyl (C=O) groups is 1. The fourth-order valence-electron chi connectivity index (χ4n) is 2.40. The number of nitrogens with zero attached hydrogens (tertiary/aromatic N) is 2. The molecule has 0 aliphatic rings. The van der Waals surface area contributed by atoms with Crippen LogP contribution < -0.4 is 10.6 Å². The molecule has 0 spiro atoms. The fourth-order valence-corrected chi connectivity index (χ4v) is 2.40. The lowest BCUT2D eigenvalue weighted by Gasteiger charge is -2.12. The van der Waals surface area contributed by atoms with Crippen LogP contribution in [0, 0.1) is 6.92 Å². The number of anilines is 1. The highest BCUT2D eigenvalue weighted by Gasteiger charge is 2.09. The van der Waals surface area contributed by atoms with Gasteiger partial charge in [0.25, 0.3) is 5.91 Å². The summed E-state index contributed by atoms with van der Waals surface area (Å²) in [7, 11) is 0. The van der Waals surface area contributed by atoms with Gasteiger partial charge < -0.3 is 5.32 Å². The molecule has 0 saturated heterocycles. The minimum atomic E-state index is -0.212. The Balaban J connectivity index is 1.79. The Kier molecular flexibility index (Phi) is 5.72. The number of carbonyl (C=O) groups excluding carboxylic acids is 1. The van der Waals surface area contributed by atoms with Crippen molar-refractivity contribution in [3.63, 3.8) is 0 Å². The number of benzene rings is 2. The highest BCUT2D eigenvalue weighted by molar-refractivity contribution is 6.09. The van der Waals surface area contributed by atoms with Crippen LogP contribution in [0.2, 0.25) is 0 Å². The molecule has 26 heavy (non-hydrogen) atoms. The maximum Gasteiger partial charge on any atom is 0.257 e. The van der Waals surface area contributed by atoms with E-state index in [1.54, 1.807) is 24.5 Å². The molecule has 3 aromatic rings. The van der Waals surface area contributed by atoms with Crippen molar-refractivity contribution in [3.8, 4) is 0 Å². The van der Waals surface area contributed by atoms with Crippen molar-refractivity contribution >= 4 is 17.6 Å². The van der Waals surface area contributed by atoms with Gasteiger partial charge in [-0.2, -0.15) is 0 Å². The molecule has 1 heterocycles. The zero-order chi connectivity index (χ0) is 18.2. The van der Waals surface area contributed by atoms with Crippen LogP contribution in [0.25, 0.3) is 0 Å². The van der Waals surface area contributed by atoms with Crippen LogP contribution in [0.1, 0.15) is 21.5 Å². The highest BCUT2D eigenvalue weighted by Crippen LogP contribution is 2.10. The summed E-state index contributed by atoms with van der Waals surface area (Å²) >= 11 is 0. The van der Waals surface area contributed by atoms with Crippen molar-refractivity contribution in [1.82, 2.24) is 10.3 Å². The molecule has 0 radical (unpaired) electrons. The van der Waals surface area contributed by atoms with Gasteiger partial charge in [-0.1, -0.05) is 36.4 Å². The number of aryl methyl sites for hydroxylation is 1. The summed E-state index contributed by atoms with van der Waals surface area (Å²) < 4.78 is 0. The minimum absolute atomic E-state index is 0.212. The topological polar surface area (TPSA) is 66.4 Å². The van der Waals surface area contributed by atoms with Crippen LogP contribution in [0.3, 0.4) is 0 Å². The molecular weight excluding hydrogens is 324 g/mol. The van der Waals surface area contributed by atoms with Gasteiger partial charge in [0.2, 0.25) is 5.96 Å². The second kappa shape index (κ2) is 8.58. The Labute approximate surface area is 152 Å². The maximum atomic E-state index is 12.5. The number of guanidine groups is 1. The molecule has 5 heteroatoms. The number of hydrogen-bond donors (Lipinski definition) is 2. The monoisotopic (exact) mass is 344 g/mol. The predicted molar refractivity (Wildman–Crippen MR) is 104 cm³/mol. The minimum Gasteiger partial charge on any atom is -0.326 e. The molecule has 0 fully saturated rings. The average Bonchev–Trinajstić information content (AvgIpc) is 2.67. The molecule has 0 saturated carbocycles. The lowest BCUT2D eigenvalue weighted by atomic mass is 10.2. The van der Waals surface area contributed by atoms with Crippen molar-refractivity contribution in [2.75, 3.05) is 5.32 Å². The lowest BCUT2D eigenvalue weighted by molar-refractivity contribution is 0.0977. The maximum absolute atomic E-state index is 12.5. The van der Waals surface area contributed by atoms with Crippen molar-refractivity contribution in [2.24, 2.45) is 4.99 Å². The van der Waals surface area contributed by atoms with Gasteiger partial charge in [0, 0.05) is 23.6 Å². The highest BCUT2D eigenvalue weighted by atomic mass is 16.1. The number of aliphatic imine (C=N–C) groups is 1. The third-order valence-electron chi connectivity index (χ3n) is 3.69. The fraction of sp³-hybridized carbons (Fsp3) is 0.0952. The van der Waals surface area contributed by atoms with E-state index in [9.17, 15) is 4.79 Å². The smallest absolute Gasteiger partial charge is 0.257 e. The van der Waals surface area contributed by atoms with E-state index in [0.717, 1.165) is 16.8 Å². The van der Waals surface area contributed by atoms with Gasteiger partial charge in [-0.3, -0.25) is 15.1 Å². The molecule has 0 atom stereocenters. The molecule has 2 N–H and O–H groups in total. The van der Waals surface area contributed by atoms with E-state index in [-0.39, 0.29) is 5.91 Å². The molecule has 0 aliphatic heterocycles. The van der Waals surface area contributed by atoms with Gasteiger partial charge in [-0.25, -0.2) is 4.99 Å². The number of nitrogens with one attached hydrogen (secondary N) is 2. The zero-order valence-corrected chi connectivity index (χ0v) is 14.5. The van der Waals surface area contributed by atoms with Crippen molar-refractivity contribution in [3.05, 3.63) is 95.8 Å². The summed E-state index contributed by atoms with van der Waals surface area (Å²) in [6, 6.07) is 20.8. The summed E-state index contributed by atoms with van der Waals surface area (Å²) in [5.74, 6) is 0.184. The van der Waals surface area contributed by atoms with Gasteiger partial charge >= 0.3 is 0 Å². The summed E-state index contributed by atoms with van der Waals surface area (Å²) in [4.78, 5) is 21.1. The summed E-state index contributed by atoms with van der Waals surface area (Å²) in [5.41, 5.74) is 3.52. The van der Waals surface area contributed by atoms with E-state index in [0.29, 0.717) is 18.1 Å². The Morgan fingerprint density at radius 3 is 2.62 bits per heavy atom. The van der Waals surface area contributed by atoms with E-state index in [2.05, 4.69) is 20.6 Å².